The molecule has 2 aliphatic heterocycles. The summed E-state index contributed by atoms with van der Waals surface area (Å²) in [4.78, 5) is 46.6. The Morgan fingerprint density at radius 2 is 1.75 bits per heavy atom. The van der Waals surface area contributed by atoms with Crippen molar-refractivity contribution in [2.45, 2.75) is 63.7 Å². The summed E-state index contributed by atoms with van der Waals surface area (Å²) in [6, 6.07) is 13.8. The fourth-order valence-corrected chi connectivity index (χ4v) is 7.01. The third-order valence-electron chi connectivity index (χ3n) is 9.96. The lowest BCUT2D eigenvalue weighted by Gasteiger charge is -2.43. The van der Waals surface area contributed by atoms with Crippen molar-refractivity contribution in [2.75, 3.05) is 48.1 Å². The molecular formula is C36H41N11O4. The average Bonchev–Trinajstić information content (AvgIpc) is 4.05. The lowest BCUT2D eigenvalue weighted by Crippen LogP contribution is -2.48. The number of para-hydroxylation sites is 1. The van der Waals surface area contributed by atoms with Crippen LogP contribution in [0.4, 0.5) is 33.5 Å². The minimum Gasteiger partial charge on any atom is -0.453 e. The van der Waals surface area contributed by atoms with E-state index in [9.17, 15) is 14.4 Å². The predicted octanol–water partition coefficient (Wildman–Crippen LogP) is 4.86. The van der Waals surface area contributed by atoms with E-state index in [1.54, 1.807) is 12.1 Å². The summed E-state index contributed by atoms with van der Waals surface area (Å²) in [5, 5.41) is 25.4. The molecule has 1 atom stereocenters. The molecule has 51 heavy (non-hydrogen) atoms. The number of rotatable bonds is 11. The van der Waals surface area contributed by atoms with E-state index in [1.807, 2.05) is 30.5 Å². The fourth-order valence-electron chi connectivity index (χ4n) is 7.01. The Bertz CT molecular complexity index is 2000. The summed E-state index contributed by atoms with van der Waals surface area (Å²) >= 11 is 0. The Balaban J connectivity index is 1.05. The van der Waals surface area contributed by atoms with Crippen LogP contribution in [0.25, 0.3) is 11.1 Å². The number of hydrogen-bond donors (Lipinski definition) is 4. The molecule has 5 heterocycles. The van der Waals surface area contributed by atoms with E-state index in [-0.39, 0.29) is 41.6 Å². The molecule has 2 aliphatic carbocycles. The van der Waals surface area contributed by atoms with E-state index in [0.717, 1.165) is 73.4 Å². The summed E-state index contributed by atoms with van der Waals surface area (Å²) < 4.78 is 6.87. The molecule has 3 aromatic heterocycles. The molecule has 1 aromatic carbocycles. The zero-order valence-corrected chi connectivity index (χ0v) is 28.8. The number of ether oxygens (including phenoxy) is 1. The lowest BCUT2D eigenvalue weighted by molar-refractivity contribution is -0.117. The first-order valence-electron chi connectivity index (χ1n) is 17.5. The van der Waals surface area contributed by atoms with Gasteiger partial charge >= 0.3 is 6.09 Å². The Labute approximate surface area is 295 Å². The molecule has 4 aromatic rings. The maximum atomic E-state index is 13.3. The Kier molecular flexibility index (Phi) is 8.50. The number of benzene rings is 1. The second-order valence-corrected chi connectivity index (χ2v) is 13.7. The summed E-state index contributed by atoms with van der Waals surface area (Å²) in [5.74, 6) is 0.396. The van der Waals surface area contributed by atoms with E-state index < -0.39 is 6.09 Å². The standard InChI is InChI=1S/C36H41N11O4/c1-4-28-33-25(16-37-47(33)23-18-46(19-23)17-22-7-5-10-29(38-22)42-36(50)51-3)24-8-6-9-26(32(24)45(28)2)40-27-15-30(41-34(48)20-11-12-20)43-44-31(27)35(49)39-21-13-14-21/h5-10,15-16,20-21,23,28H,4,11-14,17-19H2,1-3H3,(H,39,49)(H,38,42,50)(H2,40,41,43,48)/t28-/m1/s1. The summed E-state index contributed by atoms with van der Waals surface area (Å²) in [5.41, 5.74) is 6.62. The number of anilines is 5. The number of amides is 3. The van der Waals surface area contributed by atoms with Gasteiger partial charge in [-0.1, -0.05) is 25.1 Å². The van der Waals surface area contributed by atoms with Gasteiger partial charge in [0.15, 0.2) is 11.5 Å². The number of pyridine rings is 1. The molecule has 4 N–H and O–H groups in total. The van der Waals surface area contributed by atoms with Gasteiger partial charge in [0.1, 0.15) is 5.82 Å². The molecule has 2 saturated carbocycles. The van der Waals surface area contributed by atoms with Crippen LogP contribution in [0.1, 0.15) is 73.0 Å². The molecule has 4 aliphatic rings. The Morgan fingerprint density at radius 1 is 0.941 bits per heavy atom. The van der Waals surface area contributed by atoms with E-state index in [1.165, 1.54) is 12.8 Å². The minimum atomic E-state index is -0.550. The van der Waals surface area contributed by atoms with E-state index in [4.69, 9.17) is 9.84 Å². The van der Waals surface area contributed by atoms with Crippen LogP contribution in [0.5, 0.6) is 0 Å². The highest BCUT2D eigenvalue weighted by molar-refractivity contribution is 6.01. The molecule has 0 spiro atoms. The number of likely N-dealkylation sites (tertiary alicyclic amines) is 1. The van der Waals surface area contributed by atoms with Crippen LogP contribution in [0.15, 0.2) is 48.7 Å². The molecule has 3 amide bonds. The Hall–Kier alpha value is -5.57. The number of nitrogens with zero attached hydrogens (tertiary/aromatic N) is 7. The molecular weight excluding hydrogens is 650 g/mol. The fraction of sp³-hybridized carbons (Fsp3) is 0.417. The first-order valence-corrected chi connectivity index (χ1v) is 17.5. The van der Waals surface area contributed by atoms with Gasteiger partial charge in [0.25, 0.3) is 5.91 Å². The van der Waals surface area contributed by atoms with E-state index in [0.29, 0.717) is 23.9 Å². The van der Waals surface area contributed by atoms with Crippen molar-refractivity contribution in [1.29, 1.82) is 0 Å². The first kappa shape index (κ1) is 32.6. The van der Waals surface area contributed by atoms with Crippen LogP contribution < -0.4 is 26.2 Å². The number of carbonyl (C=O) groups excluding carboxylic acids is 3. The average molecular weight is 692 g/mol. The summed E-state index contributed by atoms with van der Waals surface area (Å²) in [6.07, 6.45) is 5.90. The number of carbonyl (C=O) groups is 3. The van der Waals surface area contributed by atoms with Gasteiger partial charge in [0.2, 0.25) is 5.91 Å². The van der Waals surface area contributed by atoms with Crippen LogP contribution in [0, 0.1) is 5.92 Å². The van der Waals surface area contributed by atoms with Crippen molar-refractivity contribution in [2.24, 2.45) is 5.92 Å². The van der Waals surface area contributed by atoms with Gasteiger partial charge < -0.3 is 25.6 Å². The monoisotopic (exact) mass is 691 g/mol. The van der Waals surface area contributed by atoms with Gasteiger partial charge in [-0.3, -0.25) is 24.5 Å². The highest BCUT2D eigenvalue weighted by atomic mass is 16.5. The van der Waals surface area contributed by atoms with Crippen LogP contribution in [0.3, 0.4) is 0 Å². The molecule has 15 nitrogen and oxygen atoms in total. The first-order chi connectivity index (χ1) is 24.8. The molecule has 0 unspecified atom stereocenters. The van der Waals surface area contributed by atoms with Gasteiger partial charge in [0, 0.05) is 55.8 Å². The maximum Gasteiger partial charge on any atom is 0.412 e. The van der Waals surface area contributed by atoms with Crippen molar-refractivity contribution in [3.8, 4) is 11.1 Å². The van der Waals surface area contributed by atoms with Gasteiger partial charge in [-0.15, -0.1) is 10.2 Å². The SMILES string of the molecule is CC[C@@H]1c2c(cnn2C2CN(Cc3cccc(NC(=O)OC)n3)C2)-c2cccc(Nc3cc(NC(=O)C4CC4)nnc3C(=O)NC3CC3)c2N1C. The zero-order valence-electron chi connectivity index (χ0n) is 28.8. The number of hydrogen-bond acceptors (Lipinski definition) is 11. The second-order valence-electron chi connectivity index (χ2n) is 13.7. The third kappa shape index (κ3) is 6.56. The van der Waals surface area contributed by atoms with Crippen molar-refractivity contribution < 1.29 is 19.1 Å². The zero-order chi connectivity index (χ0) is 35.2. The molecule has 15 heteroatoms. The molecule has 0 radical (unpaired) electrons. The van der Waals surface area contributed by atoms with Crippen LogP contribution in [-0.2, 0) is 16.1 Å². The smallest absolute Gasteiger partial charge is 0.412 e. The van der Waals surface area contributed by atoms with Crippen molar-refractivity contribution >= 4 is 46.6 Å². The summed E-state index contributed by atoms with van der Waals surface area (Å²) in [7, 11) is 3.42. The topological polar surface area (TPSA) is 172 Å². The Morgan fingerprint density at radius 3 is 2.49 bits per heavy atom. The highest BCUT2D eigenvalue weighted by Crippen LogP contribution is 2.50. The van der Waals surface area contributed by atoms with Crippen LogP contribution in [0.2, 0.25) is 0 Å². The number of methoxy groups -OCH3 is 1. The largest absolute Gasteiger partial charge is 0.453 e. The highest BCUT2D eigenvalue weighted by Gasteiger charge is 2.38. The second kappa shape index (κ2) is 13.3. The molecule has 8 rings (SSSR count). The normalized spacial score (nSPS) is 18.3. The molecule has 3 fully saturated rings. The summed E-state index contributed by atoms with van der Waals surface area (Å²) in [6.45, 7) is 4.47. The van der Waals surface area contributed by atoms with Crippen molar-refractivity contribution in [3.05, 3.63) is 65.7 Å². The predicted molar refractivity (Wildman–Crippen MR) is 191 cm³/mol. The van der Waals surface area contributed by atoms with E-state index in [2.05, 4.69) is 71.0 Å². The minimum absolute atomic E-state index is 0.00543. The van der Waals surface area contributed by atoms with Crippen LogP contribution in [-0.4, -0.2) is 81.1 Å². The lowest BCUT2D eigenvalue weighted by atomic mass is 9.91. The quantitative estimate of drug-likeness (QED) is 0.169. The van der Waals surface area contributed by atoms with Gasteiger partial charge in [-0.2, -0.15) is 5.10 Å². The van der Waals surface area contributed by atoms with Gasteiger partial charge in [-0.25, -0.2) is 9.78 Å². The molecule has 0 bridgehead atoms. The number of fused-ring (bicyclic) bond motifs is 3. The van der Waals surface area contributed by atoms with Crippen LogP contribution >= 0.6 is 0 Å². The van der Waals surface area contributed by atoms with Gasteiger partial charge in [-0.05, 0) is 50.3 Å². The molecule has 1 saturated heterocycles. The number of aromatic nitrogens is 5. The van der Waals surface area contributed by atoms with Crippen molar-refractivity contribution in [3.63, 3.8) is 0 Å². The third-order valence-corrected chi connectivity index (χ3v) is 9.96. The van der Waals surface area contributed by atoms with Gasteiger partial charge in [0.05, 0.1) is 53.8 Å². The van der Waals surface area contributed by atoms with Crippen molar-refractivity contribution in [1.82, 2.24) is 35.2 Å². The number of nitrogens with one attached hydrogen (secondary N) is 4. The maximum absolute atomic E-state index is 13.3. The molecule has 264 valence electrons. The van der Waals surface area contributed by atoms with E-state index >= 15 is 0 Å².